The zero-order valence-electron chi connectivity index (χ0n) is 13.6. The van der Waals surface area contributed by atoms with Crippen LogP contribution >= 0.6 is 0 Å². The minimum atomic E-state index is -0.584. The van der Waals surface area contributed by atoms with Crippen molar-refractivity contribution >= 4 is 16.7 Å². The van der Waals surface area contributed by atoms with Gasteiger partial charge in [0.1, 0.15) is 11.3 Å². The van der Waals surface area contributed by atoms with Crippen molar-refractivity contribution in [3.63, 3.8) is 0 Å². The molecule has 0 amide bonds. The maximum absolute atomic E-state index is 11.0. The molecule has 24 heavy (non-hydrogen) atoms. The Bertz CT molecular complexity index is 859. The quantitative estimate of drug-likeness (QED) is 0.708. The smallest absolute Gasteiger partial charge is 0.343 e. The number of carbonyl (C=O) groups is 1. The fourth-order valence-electron chi connectivity index (χ4n) is 2.22. The molecule has 0 fully saturated rings. The summed E-state index contributed by atoms with van der Waals surface area (Å²) in [7, 11) is 0. The van der Waals surface area contributed by atoms with Crippen LogP contribution in [0.5, 0.6) is 5.75 Å². The average molecular weight is 325 g/mol. The summed E-state index contributed by atoms with van der Waals surface area (Å²) in [4.78, 5) is 24.4. The van der Waals surface area contributed by atoms with Gasteiger partial charge in [-0.05, 0) is 43.0 Å². The number of phenolic OH excluding ortho intramolecular Hbond substituents is 1. The zero-order valence-corrected chi connectivity index (χ0v) is 13.6. The van der Waals surface area contributed by atoms with Crippen LogP contribution in [0.1, 0.15) is 22.8 Å². The first kappa shape index (κ1) is 17.3. The number of aromatic amines is 1. The van der Waals surface area contributed by atoms with Gasteiger partial charge in [-0.2, -0.15) is 0 Å². The molecular weight excluding hydrogens is 306 g/mol. The van der Waals surface area contributed by atoms with Crippen molar-refractivity contribution in [1.29, 1.82) is 0 Å². The van der Waals surface area contributed by atoms with Gasteiger partial charge in [-0.15, -0.1) is 0 Å². The Labute approximate surface area is 139 Å². The van der Waals surface area contributed by atoms with Gasteiger partial charge in [-0.25, -0.2) is 4.79 Å². The number of carbonyl (C=O) groups excluding carboxylic acids is 1. The van der Waals surface area contributed by atoms with Gasteiger partial charge in [0.25, 0.3) is 5.56 Å². The monoisotopic (exact) mass is 325 g/mol. The fraction of sp³-hybridized carbons (Fsp3) is 0.158. The molecule has 0 aliphatic heterocycles. The predicted molar refractivity (Wildman–Crippen MR) is 93.4 cm³/mol. The molecule has 0 spiro atoms. The van der Waals surface area contributed by atoms with Gasteiger partial charge in [0.05, 0.1) is 6.61 Å². The number of pyridine rings is 1. The topological polar surface area (TPSA) is 79.4 Å². The maximum atomic E-state index is 11.0. The van der Waals surface area contributed by atoms with Crippen LogP contribution < -0.4 is 5.56 Å². The third-order valence-corrected chi connectivity index (χ3v) is 3.43. The van der Waals surface area contributed by atoms with Gasteiger partial charge in [-0.3, -0.25) is 4.79 Å². The largest absolute Gasteiger partial charge is 0.507 e. The molecule has 0 radical (unpaired) electrons. The molecule has 2 aromatic carbocycles. The van der Waals surface area contributed by atoms with E-state index in [1.165, 1.54) is 17.8 Å². The second kappa shape index (κ2) is 7.97. The number of hydrogen-bond acceptors (Lipinski definition) is 4. The molecule has 3 rings (SSSR count). The number of hydrogen-bond donors (Lipinski definition) is 2. The Morgan fingerprint density at radius 2 is 1.79 bits per heavy atom. The van der Waals surface area contributed by atoms with Crippen molar-refractivity contribution in [3.8, 4) is 5.75 Å². The first-order valence-corrected chi connectivity index (χ1v) is 7.56. The van der Waals surface area contributed by atoms with E-state index in [0.717, 1.165) is 10.8 Å². The number of ether oxygens (including phenoxy) is 1. The molecule has 1 heterocycles. The van der Waals surface area contributed by atoms with Crippen molar-refractivity contribution in [2.45, 2.75) is 13.8 Å². The molecule has 0 atom stereocenters. The highest BCUT2D eigenvalue weighted by molar-refractivity contribution is 5.90. The molecule has 2 N–H and O–H groups in total. The summed E-state index contributed by atoms with van der Waals surface area (Å²) >= 11 is 0. The first-order chi connectivity index (χ1) is 11.5. The normalized spacial score (nSPS) is 9.92. The summed E-state index contributed by atoms with van der Waals surface area (Å²) in [5.74, 6) is -0.226. The summed E-state index contributed by atoms with van der Waals surface area (Å²) < 4.78 is 4.65. The van der Waals surface area contributed by atoms with Gasteiger partial charge in [0.2, 0.25) is 0 Å². The Kier molecular flexibility index (Phi) is 5.73. The number of nitrogens with one attached hydrogen (secondary N) is 1. The van der Waals surface area contributed by atoms with Crippen molar-refractivity contribution < 1.29 is 14.6 Å². The van der Waals surface area contributed by atoms with Gasteiger partial charge >= 0.3 is 5.97 Å². The molecule has 0 aliphatic carbocycles. The number of aromatic nitrogens is 1. The van der Waals surface area contributed by atoms with E-state index in [2.05, 4.69) is 9.72 Å². The molecule has 1 aromatic heterocycles. The van der Waals surface area contributed by atoms with Crippen molar-refractivity contribution in [2.75, 3.05) is 6.61 Å². The third-order valence-electron chi connectivity index (χ3n) is 3.43. The molecule has 0 bridgehead atoms. The lowest BCUT2D eigenvalue weighted by atomic mass is 10.1. The molecule has 3 aromatic rings. The Morgan fingerprint density at radius 1 is 1.08 bits per heavy atom. The lowest BCUT2D eigenvalue weighted by Gasteiger charge is -2.02. The standard InChI is InChI=1S/C11H10O.C8H9NO3/c1-8-6-7-11(12)10-5-3-2-4-9(8)10;1-2-12-8(11)6-4-3-5-9-7(6)10/h2-7,12H,1H3;3-5H,2H2,1H3,(H,9,10). The van der Waals surface area contributed by atoms with E-state index < -0.39 is 11.5 Å². The lowest BCUT2D eigenvalue weighted by Crippen LogP contribution is -2.18. The Hall–Kier alpha value is -3.08. The summed E-state index contributed by atoms with van der Waals surface area (Å²) in [5.41, 5.74) is 0.818. The number of benzene rings is 2. The zero-order chi connectivity index (χ0) is 17.5. The summed E-state index contributed by atoms with van der Waals surface area (Å²) in [6, 6.07) is 14.5. The van der Waals surface area contributed by atoms with Crippen LogP contribution in [0.15, 0.2) is 59.5 Å². The van der Waals surface area contributed by atoms with Crippen molar-refractivity contribution in [1.82, 2.24) is 4.98 Å². The first-order valence-electron chi connectivity index (χ1n) is 7.56. The SMILES string of the molecule is CCOC(=O)c1ccc[nH]c1=O.Cc1ccc(O)c2ccccc12. The molecule has 5 heteroatoms. The van der Waals surface area contributed by atoms with Crippen LogP contribution in [-0.4, -0.2) is 22.7 Å². The van der Waals surface area contributed by atoms with Gasteiger partial charge in [0, 0.05) is 11.6 Å². The molecular formula is C19H19NO4. The summed E-state index contributed by atoms with van der Waals surface area (Å²) in [5, 5.41) is 11.5. The highest BCUT2D eigenvalue weighted by Crippen LogP contribution is 2.26. The number of H-pyrrole nitrogens is 1. The number of fused-ring (bicyclic) bond motifs is 1. The van der Waals surface area contributed by atoms with E-state index in [0.29, 0.717) is 5.75 Å². The van der Waals surface area contributed by atoms with Gasteiger partial charge in [0.15, 0.2) is 0 Å². The number of aryl methyl sites for hydroxylation is 1. The van der Waals surface area contributed by atoms with E-state index in [1.54, 1.807) is 19.1 Å². The predicted octanol–water partition coefficient (Wildman–Crippen LogP) is 3.41. The van der Waals surface area contributed by atoms with Crippen LogP contribution in [0.4, 0.5) is 0 Å². The molecule has 0 saturated carbocycles. The van der Waals surface area contributed by atoms with E-state index >= 15 is 0 Å². The maximum Gasteiger partial charge on any atom is 0.343 e. The van der Waals surface area contributed by atoms with Gasteiger partial charge in [-0.1, -0.05) is 30.3 Å². The van der Waals surface area contributed by atoms with E-state index in [9.17, 15) is 14.7 Å². The Balaban J connectivity index is 0.000000174. The van der Waals surface area contributed by atoms with Gasteiger partial charge < -0.3 is 14.8 Å². The van der Waals surface area contributed by atoms with E-state index in [-0.39, 0.29) is 12.2 Å². The van der Waals surface area contributed by atoms with Crippen LogP contribution in [0.3, 0.4) is 0 Å². The van der Waals surface area contributed by atoms with Crippen LogP contribution in [0.2, 0.25) is 0 Å². The van der Waals surface area contributed by atoms with E-state index in [1.807, 2.05) is 37.3 Å². The fourth-order valence-corrected chi connectivity index (χ4v) is 2.22. The van der Waals surface area contributed by atoms with E-state index in [4.69, 9.17) is 0 Å². The lowest BCUT2D eigenvalue weighted by molar-refractivity contribution is 0.0524. The second-order valence-corrected chi connectivity index (χ2v) is 5.08. The number of aromatic hydroxyl groups is 1. The highest BCUT2D eigenvalue weighted by Gasteiger charge is 2.09. The number of phenols is 1. The third kappa shape index (κ3) is 4.01. The number of rotatable bonds is 2. The molecule has 5 nitrogen and oxygen atoms in total. The van der Waals surface area contributed by atoms with Crippen LogP contribution in [0.25, 0.3) is 10.8 Å². The summed E-state index contributed by atoms with van der Waals surface area (Å²) in [6.45, 7) is 4.00. The summed E-state index contributed by atoms with van der Waals surface area (Å²) in [6.07, 6.45) is 1.46. The minimum absolute atomic E-state index is 0.0411. The van der Waals surface area contributed by atoms with Crippen molar-refractivity contribution in [3.05, 3.63) is 76.2 Å². The molecule has 124 valence electrons. The average Bonchev–Trinajstić information content (AvgIpc) is 2.60. The minimum Gasteiger partial charge on any atom is -0.507 e. The Morgan fingerprint density at radius 3 is 2.42 bits per heavy atom. The highest BCUT2D eigenvalue weighted by atomic mass is 16.5. The van der Waals surface area contributed by atoms with Crippen LogP contribution in [-0.2, 0) is 4.74 Å². The number of esters is 1. The molecule has 0 unspecified atom stereocenters. The van der Waals surface area contributed by atoms with Crippen LogP contribution in [0, 0.1) is 6.92 Å². The molecule has 0 saturated heterocycles. The molecule has 0 aliphatic rings. The second-order valence-electron chi connectivity index (χ2n) is 5.08. The van der Waals surface area contributed by atoms with Crippen molar-refractivity contribution in [2.24, 2.45) is 0 Å².